The van der Waals surface area contributed by atoms with E-state index in [1.54, 1.807) is 12.1 Å². The molecular weight excluding hydrogens is 270 g/mol. The van der Waals surface area contributed by atoms with Crippen LogP contribution < -0.4 is 4.74 Å². The second-order valence-corrected chi connectivity index (χ2v) is 5.91. The van der Waals surface area contributed by atoms with Crippen LogP contribution in [0.15, 0.2) is 29.2 Å². The number of likely N-dealkylation sites (N-methyl/N-ethyl adjacent to an activating group) is 1. The van der Waals surface area contributed by atoms with Gasteiger partial charge in [0, 0.05) is 21.3 Å². The molecule has 0 heterocycles. The van der Waals surface area contributed by atoms with Gasteiger partial charge in [-0.05, 0) is 24.3 Å². The van der Waals surface area contributed by atoms with Crippen molar-refractivity contribution >= 4 is 10.0 Å². The Kier molecular flexibility index (Phi) is 5.74. The molecule has 1 rings (SSSR count). The van der Waals surface area contributed by atoms with Crippen LogP contribution in [0.25, 0.3) is 0 Å². The van der Waals surface area contributed by atoms with E-state index in [-0.39, 0.29) is 11.4 Å². The van der Waals surface area contributed by atoms with Crippen LogP contribution in [0.1, 0.15) is 0 Å². The van der Waals surface area contributed by atoms with E-state index in [4.69, 9.17) is 14.2 Å². The van der Waals surface area contributed by atoms with Crippen molar-refractivity contribution in [2.45, 2.75) is 11.2 Å². The summed E-state index contributed by atoms with van der Waals surface area (Å²) in [6.07, 6.45) is -0.599. The van der Waals surface area contributed by atoms with Gasteiger partial charge in [0.05, 0.1) is 18.6 Å². The number of benzene rings is 1. The molecule has 108 valence electrons. The monoisotopic (exact) mass is 289 g/mol. The molecule has 0 saturated heterocycles. The Morgan fingerprint density at radius 2 is 1.63 bits per heavy atom. The topological polar surface area (TPSA) is 65.1 Å². The first-order valence-corrected chi connectivity index (χ1v) is 7.05. The standard InChI is InChI=1S/C12H19NO5S/c1-13(9-12(17-3)18-4)19(14,15)11-7-5-10(16-2)6-8-11/h5-8,12H,9H2,1-4H3. The number of rotatable bonds is 7. The van der Waals surface area contributed by atoms with Crippen LogP contribution in [0.3, 0.4) is 0 Å². The first-order valence-electron chi connectivity index (χ1n) is 5.61. The van der Waals surface area contributed by atoms with Gasteiger partial charge in [-0.2, -0.15) is 4.31 Å². The SMILES string of the molecule is COc1ccc(S(=O)(=O)N(C)CC(OC)OC)cc1. The maximum absolute atomic E-state index is 12.3. The number of hydrogen-bond donors (Lipinski definition) is 0. The number of ether oxygens (including phenoxy) is 3. The predicted octanol–water partition coefficient (Wildman–Crippen LogP) is 0.935. The van der Waals surface area contributed by atoms with Gasteiger partial charge in [-0.3, -0.25) is 0 Å². The normalized spacial score (nSPS) is 12.1. The zero-order valence-corrected chi connectivity index (χ0v) is 12.3. The van der Waals surface area contributed by atoms with Gasteiger partial charge in [-0.25, -0.2) is 8.42 Å². The summed E-state index contributed by atoms with van der Waals surface area (Å²) in [5.74, 6) is 0.605. The van der Waals surface area contributed by atoms with Crippen molar-refractivity contribution in [2.75, 3.05) is 34.9 Å². The van der Waals surface area contributed by atoms with Crippen molar-refractivity contribution in [1.29, 1.82) is 0 Å². The third-order valence-electron chi connectivity index (χ3n) is 2.70. The first kappa shape index (κ1) is 15.9. The van der Waals surface area contributed by atoms with Crippen LogP contribution in [-0.4, -0.2) is 53.9 Å². The molecule has 0 saturated carbocycles. The summed E-state index contributed by atoms with van der Waals surface area (Å²) in [6, 6.07) is 6.20. The summed E-state index contributed by atoms with van der Waals surface area (Å²) in [6.45, 7) is 0.112. The van der Waals surface area contributed by atoms with Gasteiger partial charge in [-0.1, -0.05) is 0 Å². The molecule has 0 aliphatic rings. The summed E-state index contributed by atoms with van der Waals surface area (Å²) in [4.78, 5) is 0.196. The van der Waals surface area contributed by atoms with Crippen LogP contribution in [0.2, 0.25) is 0 Å². The molecule has 0 aromatic heterocycles. The fourth-order valence-electron chi connectivity index (χ4n) is 1.48. The summed E-state index contributed by atoms with van der Waals surface area (Å²) in [5.41, 5.74) is 0. The summed E-state index contributed by atoms with van der Waals surface area (Å²) >= 11 is 0. The van der Waals surface area contributed by atoms with E-state index in [1.807, 2.05) is 0 Å². The third kappa shape index (κ3) is 3.90. The summed E-state index contributed by atoms with van der Waals surface area (Å²) < 4.78 is 40.7. The molecule has 1 aromatic carbocycles. The van der Waals surface area contributed by atoms with Crippen LogP contribution in [0.5, 0.6) is 5.75 Å². The quantitative estimate of drug-likeness (QED) is 0.699. The molecule has 0 N–H and O–H groups in total. The Morgan fingerprint density at radius 1 is 1.11 bits per heavy atom. The smallest absolute Gasteiger partial charge is 0.242 e. The van der Waals surface area contributed by atoms with Gasteiger partial charge in [-0.15, -0.1) is 0 Å². The van der Waals surface area contributed by atoms with Crippen LogP contribution >= 0.6 is 0 Å². The first-order chi connectivity index (χ1) is 8.95. The molecular formula is C12H19NO5S. The molecule has 1 aromatic rings. The molecule has 6 nitrogen and oxygen atoms in total. The highest BCUT2D eigenvalue weighted by molar-refractivity contribution is 7.89. The highest BCUT2D eigenvalue weighted by Crippen LogP contribution is 2.18. The van der Waals surface area contributed by atoms with E-state index in [1.165, 1.54) is 44.8 Å². The lowest BCUT2D eigenvalue weighted by atomic mass is 10.3. The van der Waals surface area contributed by atoms with Gasteiger partial charge in [0.15, 0.2) is 6.29 Å². The number of nitrogens with zero attached hydrogens (tertiary/aromatic N) is 1. The minimum atomic E-state index is -3.56. The van der Waals surface area contributed by atoms with Crippen molar-refractivity contribution in [3.05, 3.63) is 24.3 Å². The fourth-order valence-corrected chi connectivity index (χ4v) is 2.64. The molecule has 0 spiro atoms. The van der Waals surface area contributed by atoms with Crippen LogP contribution in [0.4, 0.5) is 0 Å². The highest BCUT2D eigenvalue weighted by Gasteiger charge is 2.23. The van der Waals surface area contributed by atoms with Crippen molar-refractivity contribution < 1.29 is 22.6 Å². The molecule has 0 unspecified atom stereocenters. The molecule has 0 aliphatic heterocycles. The van der Waals surface area contributed by atoms with E-state index in [2.05, 4.69) is 0 Å². The second-order valence-electron chi connectivity index (χ2n) is 3.86. The summed E-state index contributed by atoms with van der Waals surface area (Å²) in [7, 11) is 2.36. The Bertz CT molecular complexity index is 481. The van der Waals surface area contributed by atoms with Crippen LogP contribution in [0, 0.1) is 0 Å². The highest BCUT2D eigenvalue weighted by atomic mass is 32.2. The Hall–Kier alpha value is -1.15. The summed E-state index contributed by atoms with van der Waals surface area (Å²) in [5, 5.41) is 0. The number of methoxy groups -OCH3 is 3. The number of sulfonamides is 1. The molecule has 7 heteroatoms. The number of hydrogen-bond acceptors (Lipinski definition) is 5. The van der Waals surface area contributed by atoms with Crippen LogP contribution in [-0.2, 0) is 19.5 Å². The molecule has 0 aliphatic carbocycles. The zero-order chi connectivity index (χ0) is 14.5. The van der Waals surface area contributed by atoms with E-state index in [0.29, 0.717) is 5.75 Å². The molecule has 19 heavy (non-hydrogen) atoms. The average molecular weight is 289 g/mol. The van der Waals surface area contributed by atoms with Crippen molar-refractivity contribution in [3.8, 4) is 5.75 Å². The maximum atomic E-state index is 12.3. The van der Waals surface area contributed by atoms with Gasteiger partial charge >= 0.3 is 0 Å². The second kappa shape index (κ2) is 6.85. The van der Waals surface area contributed by atoms with Crippen molar-refractivity contribution in [2.24, 2.45) is 0 Å². The minimum absolute atomic E-state index is 0.112. The maximum Gasteiger partial charge on any atom is 0.242 e. The Morgan fingerprint density at radius 3 is 2.05 bits per heavy atom. The molecule has 0 atom stereocenters. The van der Waals surface area contributed by atoms with Gasteiger partial charge in [0.2, 0.25) is 10.0 Å². The minimum Gasteiger partial charge on any atom is -0.497 e. The zero-order valence-electron chi connectivity index (χ0n) is 11.5. The van der Waals surface area contributed by atoms with Gasteiger partial charge in [0.1, 0.15) is 5.75 Å². The van der Waals surface area contributed by atoms with E-state index in [0.717, 1.165) is 0 Å². The van der Waals surface area contributed by atoms with E-state index in [9.17, 15) is 8.42 Å². The molecule has 0 amide bonds. The Labute approximate surface area is 113 Å². The molecule has 0 radical (unpaired) electrons. The predicted molar refractivity (Wildman–Crippen MR) is 70.6 cm³/mol. The third-order valence-corrected chi connectivity index (χ3v) is 4.54. The van der Waals surface area contributed by atoms with E-state index >= 15 is 0 Å². The average Bonchev–Trinajstić information content (AvgIpc) is 2.44. The lowest BCUT2D eigenvalue weighted by Crippen LogP contribution is -2.36. The van der Waals surface area contributed by atoms with Crippen molar-refractivity contribution in [1.82, 2.24) is 4.31 Å². The molecule has 0 fully saturated rings. The van der Waals surface area contributed by atoms with E-state index < -0.39 is 16.3 Å². The lowest BCUT2D eigenvalue weighted by Gasteiger charge is -2.21. The lowest BCUT2D eigenvalue weighted by molar-refractivity contribution is -0.106. The largest absolute Gasteiger partial charge is 0.497 e. The van der Waals surface area contributed by atoms with Gasteiger partial charge < -0.3 is 14.2 Å². The Balaban J connectivity index is 2.89. The van der Waals surface area contributed by atoms with Crippen molar-refractivity contribution in [3.63, 3.8) is 0 Å². The van der Waals surface area contributed by atoms with Gasteiger partial charge in [0.25, 0.3) is 0 Å². The fraction of sp³-hybridized carbons (Fsp3) is 0.500. The molecule has 0 bridgehead atoms.